The van der Waals surface area contributed by atoms with Gasteiger partial charge in [-0.2, -0.15) is 5.10 Å². The molecule has 4 rings (SSSR count). The fourth-order valence-corrected chi connectivity index (χ4v) is 5.26. The number of hydrogen-bond donors (Lipinski definition) is 1. The summed E-state index contributed by atoms with van der Waals surface area (Å²) < 4.78 is 2.41. The molecule has 0 radical (unpaired) electrons. The van der Waals surface area contributed by atoms with Crippen molar-refractivity contribution in [2.45, 2.75) is 31.6 Å². The number of carbonyl (C=O) groups is 1. The van der Waals surface area contributed by atoms with Crippen LogP contribution in [0.4, 0.5) is 5.82 Å². The first kappa shape index (κ1) is 15.8. The van der Waals surface area contributed by atoms with Crippen molar-refractivity contribution in [2.75, 3.05) is 0 Å². The number of aromatic nitrogens is 2. The summed E-state index contributed by atoms with van der Waals surface area (Å²) in [6, 6.07) is 3.80. The number of carboxylic acid groups (broad SMARTS) is 1. The van der Waals surface area contributed by atoms with E-state index in [-0.39, 0.29) is 5.92 Å². The highest BCUT2D eigenvalue weighted by Gasteiger charge is 2.55. The van der Waals surface area contributed by atoms with E-state index in [0.717, 1.165) is 34.8 Å². The van der Waals surface area contributed by atoms with E-state index in [1.165, 1.54) is 11.3 Å². The Hall–Kier alpha value is -1.66. The zero-order valence-electron chi connectivity index (χ0n) is 13.5. The van der Waals surface area contributed by atoms with Gasteiger partial charge in [-0.1, -0.05) is 18.5 Å². The second-order valence-corrected chi connectivity index (χ2v) is 8.23. The summed E-state index contributed by atoms with van der Waals surface area (Å²) in [4.78, 5) is 18.1. The largest absolute Gasteiger partial charge is 0.481 e. The number of rotatable bonds is 4. The molecule has 2 aliphatic rings. The van der Waals surface area contributed by atoms with Gasteiger partial charge in [0.1, 0.15) is 5.92 Å². The first-order valence-corrected chi connectivity index (χ1v) is 9.28. The lowest BCUT2D eigenvalue weighted by Crippen LogP contribution is -2.47. The Labute approximate surface area is 149 Å². The molecule has 5 nitrogen and oxygen atoms in total. The van der Waals surface area contributed by atoms with E-state index in [9.17, 15) is 9.90 Å². The van der Waals surface area contributed by atoms with Crippen LogP contribution in [0.3, 0.4) is 0 Å². The van der Waals surface area contributed by atoms with Crippen LogP contribution in [0.1, 0.15) is 36.6 Å². The van der Waals surface area contributed by atoms with Crippen molar-refractivity contribution in [2.24, 2.45) is 23.9 Å². The topological polar surface area (TPSA) is 67.5 Å². The van der Waals surface area contributed by atoms with Gasteiger partial charge in [0.05, 0.1) is 15.9 Å². The lowest BCUT2D eigenvalue weighted by atomic mass is 9.64. The van der Waals surface area contributed by atoms with Gasteiger partial charge >= 0.3 is 5.97 Å². The molecule has 0 aromatic carbocycles. The number of nitrogens with zero attached hydrogens (tertiary/aromatic N) is 3. The highest BCUT2D eigenvalue weighted by atomic mass is 35.5. The van der Waals surface area contributed by atoms with Gasteiger partial charge in [-0.3, -0.25) is 9.48 Å². The first-order chi connectivity index (χ1) is 11.5. The van der Waals surface area contributed by atoms with E-state index in [2.05, 4.69) is 5.10 Å². The van der Waals surface area contributed by atoms with Crippen molar-refractivity contribution in [1.82, 2.24) is 9.78 Å². The van der Waals surface area contributed by atoms with Gasteiger partial charge < -0.3 is 5.11 Å². The van der Waals surface area contributed by atoms with E-state index >= 15 is 0 Å². The summed E-state index contributed by atoms with van der Waals surface area (Å²) in [5.74, 6) is -0.431. The Kier molecular flexibility index (Phi) is 3.58. The van der Waals surface area contributed by atoms with Crippen molar-refractivity contribution in [1.29, 1.82) is 0 Å². The molecule has 1 saturated carbocycles. The van der Waals surface area contributed by atoms with Crippen LogP contribution in [0.2, 0.25) is 4.34 Å². The molecule has 24 heavy (non-hydrogen) atoms. The number of hydrogen-bond acceptors (Lipinski definition) is 4. The SMILES string of the molecule is CCC1(c2ccc(Cl)s2)c2cnn(C)c2N=C(C2CC2)C1C(=O)O. The second kappa shape index (κ2) is 5.43. The molecule has 126 valence electrons. The van der Waals surface area contributed by atoms with E-state index in [4.69, 9.17) is 16.6 Å². The monoisotopic (exact) mass is 363 g/mol. The summed E-state index contributed by atoms with van der Waals surface area (Å²) in [7, 11) is 1.86. The molecule has 1 aliphatic heterocycles. The van der Waals surface area contributed by atoms with Crippen LogP contribution in [-0.2, 0) is 17.3 Å². The van der Waals surface area contributed by atoms with E-state index in [1.807, 2.05) is 26.1 Å². The van der Waals surface area contributed by atoms with Crippen LogP contribution in [0.5, 0.6) is 0 Å². The maximum absolute atomic E-state index is 12.3. The lowest BCUT2D eigenvalue weighted by molar-refractivity contribution is -0.141. The number of thiophene rings is 1. The highest BCUT2D eigenvalue weighted by molar-refractivity contribution is 7.16. The molecular weight excluding hydrogens is 346 g/mol. The van der Waals surface area contributed by atoms with Crippen LogP contribution >= 0.6 is 22.9 Å². The Morgan fingerprint density at radius 1 is 1.50 bits per heavy atom. The third-order valence-corrected chi connectivity index (χ3v) is 6.63. The molecule has 2 unspecified atom stereocenters. The Morgan fingerprint density at radius 3 is 2.79 bits per heavy atom. The molecule has 1 N–H and O–H groups in total. The normalized spacial score (nSPS) is 26.1. The molecule has 0 bridgehead atoms. The minimum Gasteiger partial charge on any atom is -0.481 e. The molecule has 2 atom stereocenters. The van der Waals surface area contributed by atoms with Gasteiger partial charge in [0.15, 0.2) is 5.82 Å². The number of halogens is 1. The van der Waals surface area contributed by atoms with Gasteiger partial charge in [-0.15, -0.1) is 11.3 Å². The second-order valence-electron chi connectivity index (χ2n) is 6.52. The molecule has 0 amide bonds. The molecule has 0 spiro atoms. The van der Waals surface area contributed by atoms with Crippen LogP contribution in [-0.4, -0.2) is 26.6 Å². The van der Waals surface area contributed by atoms with Gasteiger partial charge in [0.25, 0.3) is 0 Å². The smallest absolute Gasteiger partial charge is 0.313 e. The molecule has 7 heteroatoms. The summed E-state index contributed by atoms with van der Waals surface area (Å²) >= 11 is 7.65. The van der Waals surface area contributed by atoms with Crippen LogP contribution in [0, 0.1) is 11.8 Å². The van der Waals surface area contributed by atoms with Crippen molar-refractivity contribution >= 4 is 40.4 Å². The average molecular weight is 364 g/mol. The quantitative estimate of drug-likeness (QED) is 0.891. The summed E-state index contributed by atoms with van der Waals surface area (Å²) in [6.45, 7) is 2.04. The minimum atomic E-state index is -0.818. The van der Waals surface area contributed by atoms with E-state index < -0.39 is 17.3 Å². The molecular formula is C17H18ClN3O2S. The number of fused-ring (bicyclic) bond motifs is 1. The van der Waals surface area contributed by atoms with Gasteiger partial charge in [-0.05, 0) is 37.3 Å². The third kappa shape index (κ3) is 2.09. The molecule has 3 heterocycles. The number of carboxylic acids is 1. The predicted molar refractivity (Wildman–Crippen MR) is 94.6 cm³/mol. The van der Waals surface area contributed by atoms with Crippen LogP contribution < -0.4 is 0 Å². The zero-order valence-corrected chi connectivity index (χ0v) is 15.1. The maximum Gasteiger partial charge on any atom is 0.313 e. The van der Waals surface area contributed by atoms with Crippen LogP contribution in [0.15, 0.2) is 23.3 Å². The van der Waals surface area contributed by atoms with Gasteiger partial charge in [0, 0.05) is 23.2 Å². The van der Waals surface area contributed by atoms with E-state index in [0.29, 0.717) is 10.8 Å². The lowest BCUT2D eigenvalue weighted by Gasteiger charge is -2.40. The summed E-state index contributed by atoms with van der Waals surface area (Å²) in [5.41, 5.74) is 1.03. The Morgan fingerprint density at radius 2 is 2.25 bits per heavy atom. The summed E-state index contributed by atoms with van der Waals surface area (Å²) in [5, 5.41) is 14.5. The molecule has 1 aliphatic carbocycles. The van der Waals surface area contributed by atoms with Crippen molar-refractivity contribution in [3.05, 3.63) is 33.1 Å². The molecule has 0 saturated heterocycles. The van der Waals surface area contributed by atoms with Crippen LogP contribution in [0.25, 0.3) is 0 Å². The van der Waals surface area contributed by atoms with Crippen molar-refractivity contribution < 1.29 is 9.90 Å². The zero-order chi connectivity index (χ0) is 17.1. The Bertz CT molecular complexity index is 852. The first-order valence-electron chi connectivity index (χ1n) is 8.08. The highest BCUT2D eigenvalue weighted by Crippen LogP contribution is 2.54. The third-order valence-electron chi connectivity index (χ3n) is 5.22. The fraction of sp³-hybridized carbons (Fsp3) is 0.471. The number of aryl methyl sites for hydroxylation is 1. The minimum absolute atomic E-state index is 0.274. The maximum atomic E-state index is 12.3. The van der Waals surface area contributed by atoms with Crippen molar-refractivity contribution in [3.63, 3.8) is 0 Å². The molecule has 2 aromatic rings. The molecule has 2 aromatic heterocycles. The summed E-state index contributed by atoms with van der Waals surface area (Å²) in [6.07, 6.45) is 4.46. The van der Waals surface area contributed by atoms with E-state index in [1.54, 1.807) is 10.9 Å². The fourth-order valence-electron chi connectivity index (χ4n) is 3.91. The molecule has 1 fully saturated rings. The number of aliphatic imine (C=N–C) groups is 1. The average Bonchev–Trinajstić information content (AvgIpc) is 3.21. The number of aliphatic carboxylic acids is 1. The Balaban J connectivity index is 2.04. The van der Waals surface area contributed by atoms with Crippen molar-refractivity contribution in [3.8, 4) is 0 Å². The standard InChI is InChI=1S/C17H18ClN3O2S/c1-3-17(11-6-7-12(18)24-11)10-8-19-21(2)15(10)20-14(9-4-5-9)13(17)16(22)23/h6-9,13H,3-5H2,1-2H3,(H,22,23). The van der Waals surface area contributed by atoms with Gasteiger partial charge in [0.2, 0.25) is 0 Å². The van der Waals surface area contributed by atoms with Gasteiger partial charge in [-0.25, -0.2) is 4.99 Å². The predicted octanol–water partition coefficient (Wildman–Crippen LogP) is 4.03.